The fraction of sp³-hybridized carbons (Fsp3) is 0.360. The summed E-state index contributed by atoms with van der Waals surface area (Å²) >= 11 is 0. The number of esters is 1. The normalized spacial score (nSPS) is 15.1. The van der Waals surface area contributed by atoms with Gasteiger partial charge in [-0.3, -0.25) is 4.79 Å². The predicted molar refractivity (Wildman–Crippen MR) is 123 cm³/mol. The second-order valence-electron chi connectivity index (χ2n) is 7.55. The Morgan fingerprint density at radius 2 is 1.78 bits per heavy atom. The topological polar surface area (TPSA) is 70.0 Å². The maximum Gasteiger partial charge on any atom is 0.340 e. The lowest BCUT2D eigenvalue weighted by Gasteiger charge is -2.16. The van der Waals surface area contributed by atoms with Gasteiger partial charge in [0.05, 0.1) is 31.5 Å². The van der Waals surface area contributed by atoms with Crippen LogP contribution in [0.5, 0.6) is 5.75 Å². The molecule has 0 fully saturated rings. The first-order chi connectivity index (χ1) is 15.3. The summed E-state index contributed by atoms with van der Waals surface area (Å²) in [4.78, 5) is 27.5. The van der Waals surface area contributed by atoms with Crippen LogP contribution in [0.4, 0.5) is 0 Å². The van der Waals surface area contributed by atoms with Crippen LogP contribution in [0.3, 0.4) is 0 Å². The number of allylic oxidation sites excluding steroid dienone is 1. The molecular weight excluding hydrogens is 408 g/mol. The molecule has 1 aliphatic heterocycles. The Morgan fingerprint density at radius 3 is 2.38 bits per heavy atom. The number of aromatic nitrogens is 1. The molecule has 7 heteroatoms. The van der Waals surface area contributed by atoms with E-state index in [0.29, 0.717) is 30.0 Å². The lowest BCUT2D eigenvalue weighted by molar-refractivity contribution is -0.138. The van der Waals surface area contributed by atoms with Gasteiger partial charge in [0, 0.05) is 36.4 Å². The van der Waals surface area contributed by atoms with E-state index in [1.54, 1.807) is 39.0 Å². The highest BCUT2D eigenvalue weighted by Gasteiger charge is 2.37. The minimum atomic E-state index is -0.492. The molecule has 32 heavy (non-hydrogen) atoms. The van der Waals surface area contributed by atoms with Gasteiger partial charge in [-0.2, -0.15) is 0 Å². The Labute approximate surface area is 188 Å². The smallest absolute Gasteiger partial charge is 0.340 e. The van der Waals surface area contributed by atoms with Crippen molar-refractivity contribution in [2.45, 2.75) is 27.7 Å². The molecule has 1 amide bonds. The number of hydrogen-bond acceptors (Lipinski definition) is 5. The minimum absolute atomic E-state index is 0.225. The van der Waals surface area contributed by atoms with E-state index in [1.807, 2.05) is 44.2 Å². The van der Waals surface area contributed by atoms with Crippen LogP contribution >= 0.6 is 0 Å². The van der Waals surface area contributed by atoms with E-state index in [4.69, 9.17) is 14.2 Å². The zero-order valence-corrected chi connectivity index (χ0v) is 19.5. The van der Waals surface area contributed by atoms with Gasteiger partial charge in [0.2, 0.25) is 0 Å². The van der Waals surface area contributed by atoms with E-state index in [-0.39, 0.29) is 12.5 Å². The molecule has 0 bridgehead atoms. The number of amides is 1. The Morgan fingerprint density at radius 1 is 1.09 bits per heavy atom. The summed E-state index contributed by atoms with van der Waals surface area (Å²) in [5.74, 6) is 0.0660. The van der Waals surface area contributed by atoms with Crippen LogP contribution in [0.2, 0.25) is 0 Å². The summed E-state index contributed by atoms with van der Waals surface area (Å²) < 4.78 is 17.7. The number of benzene rings is 1. The van der Waals surface area contributed by atoms with Crippen LogP contribution in [0.1, 0.15) is 30.8 Å². The van der Waals surface area contributed by atoms with Gasteiger partial charge in [0.1, 0.15) is 5.75 Å². The minimum Gasteiger partial charge on any atom is -0.497 e. The quantitative estimate of drug-likeness (QED) is 0.463. The van der Waals surface area contributed by atoms with Gasteiger partial charge in [-0.15, -0.1) is 0 Å². The molecule has 3 rings (SSSR count). The van der Waals surface area contributed by atoms with E-state index in [0.717, 1.165) is 28.4 Å². The number of methoxy groups -OCH3 is 2. The molecule has 0 atom stereocenters. The van der Waals surface area contributed by atoms with Gasteiger partial charge in [-0.25, -0.2) is 4.79 Å². The summed E-state index contributed by atoms with van der Waals surface area (Å²) in [5.41, 5.74) is 5.06. The van der Waals surface area contributed by atoms with E-state index >= 15 is 0 Å². The van der Waals surface area contributed by atoms with Crippen LogP contribution < -0.4 is 4.74 Å². The molecule has 2 heterocycles. The number of carbonyl (C=O) groups excluding carboxylic acids is 2. The largest absolute Gasteiger partial charge is 0.497 e. The third kappa shape index (κ3) is 4.34. The molecule has 0 spiro atoms. The molecule has 0 saturated carbocycles. The molecule has 1 aliphatic rings. The number of hydrogen-bond donors (Lipinski definition) is 0. The average molecular weight is 439 g/mol. The van der Waals surface area contributed by atoms with Gasteiger partial charge in [-0.1, -0.05) is 0 Å². The van der Waals surface area contributed by atoms with Crippen molar-refractivity contribution in [3.8, 4) is 11.4 Å². The number of ether oxygens (including phenoxy) is 3. The third-order valence-corrected chi connectivity index (χ3v) is 5.61. The lowest BCUT2D eigenvalue weighted by Crippen LogP contribution is -2.28. The second kappa shape index (κ2) is 9.87. The van der Waals surface area contributed by atoms with Crippen molar-refractivity contribution in [1.29, 1.82) is 0 Å². The molecule has 2 aromatic rings. The van der Waals surface area contributed by atoms with Gasteiger partial charge in [0.15, 0.2) is 0 Å². The fourth-order valence-electron chi connectivity index (χ4n) is 4.00. The molecule has 0 saturated heterocycles. The van der Waals surface area contributed by atoms with Gasteiger partial charge in [0.25, 0.3) is 5.91 Å². The van der Waals surface area contributed by atoms with Crippen LogP contribution in [-0.4, -0.2) is 55.3 Å². The van der Waals surface area contributed by atoms with Crippen LogP contribution in [0, 0.1) is 13.8 Å². The van der Waals surface area contributed by atoms with Crippen LogP contribution in [0.15, 0.2) is 47.2 Å². The maximum atomic E-state index is 13.2. The molecule has 7 nitrogen and oxygen atoms in total. The Hall–Kier alpha value is -3.32. The number of rotatable bonds is 8. The van der Waals surface area contributed by atoms with E-state index in [9.17, 15) is 9.59 Å². The van der Waals surface area contributed by atoms with E-state index < -0.39 is 5.97 Å². The first-order valence-corrected chi connectivity index (χ1v) is 10.6. The number of aryl methyl sites for hydroxylation is 1. The molecule has 1 aromatic heterocycles. The summed E-state index contributed by atoms with van der Waals surface area (Å²) in [6.07, 6.45) is 1.78. The highest BCUT2D eigenvalue weighted by Crippen LogP contribution is 2.33. The Bertz CT molecular complexity index is 1080. The fourth-order valence-corrected chi connectivity index (χ4v) is 4.00. The molecule has 170 valence electrons. The van der Waals surface area contributed by atoms with E-state index in [2.05, 4.69) is 4.57 Å². The van der Waals surface area contributed by atoms with Gasteiger partial charge < -0.3 is 23.7 Å². The zero-order chi connectivity index (χ0) is 23.4. The summed E-state index contributed by atoms with van der Waals surface area (Å²) in [5, 5.41) is 0. The SMILES string of the molecule is CCOC(=O)C1=C(C)N(CCOC)C(=O)/C1=C\c1cc(C)n(-c2ccc(OC)cc2)c1C. The van der Waals surface area contributed by atoms with Crippen molar-refractivity contribution in [3.63, 3.8) is 0 Å². The highest BCUT2D eigenvalue weighted by molar-refractivity contribution is 6.16. The third-order valence-electron chi connectivity index (χ3n) is 5.61. The maximum absolute atomic E-state index is 13.2. The van der Waals surface area contributed by atoms with Crippen molar-refractivity contribution in [2.75, 3.05) is 34.0 Å². The first-order valence-electron chi connectivity index (χ1n) is 10.6. The summed E-state index contributed by atoms with van der Waals surface area (Å²) in [7, 11) is 3.22. The average Bonchev–Trinajstić information content (AvgIpc) is 3.18. The molecule has 0 aliphatic carbocycles. The van der Waals surface area contributed by atoms with Crippen molar-refractivity contribution in [1.82, 2.24) is 9.47 Å². The summed E-state index contributed by atoms with van der Waals surface area (Å²) in [6, 6.07) is 9.79. The Kier molecular flexibility index (Phi) is 7.20. The van der Waals surface area contributed by atoms with Crippen LogP contribution in [0.25, 0.3) is 11.8 Å². The van der Waals surface area contributed by atoms with Crippen LogP contribution in [-0.2, 0) is 19.1 Å². The second-order valence-corrected chi connectivity index (χ2v) is 7.55. The lowest BCUT2D eigenvalue weighted by atomic mass is 10.0. The van der Waals surface area contributed by atoms with Crippen molar-refractivity contribution < 1.29 is 23.8 Å². The summed E-state index contributed by atoms with van der Waals surface area (Å²) in [6.45, 7) is 8.49. The molecule has 1 aromatic carbocycles. The first kappa shape index (κ1) is 23.3. The number of carbonyl (C=O) groups is 2. The van der Waals surface area contributed by atoms with Crippen molar-refractivity contribution >= 4 is 18.0 Å². The van der Waals surface area contributed by atoms with Gasteiger partial charge in [-0.05, 0) is 69.7 Å². The highest BCUT2D eigenvalue weighted by atomic mass is 16.5. The molecule has 0 radical (unpaired) electrons. The molecule has 0 N–H and O–H groups in total. The van der Waals surface area contributed by atoms with Gasteiger partial charge >= 0.3 is 5.97 Å². The Balaban J connectivity index is 2.07. The van der Waals surface area contributed by atoms with Crippen molar-refractivity contribution in [2.24, 2.45) is 0 Å². The molecule has 0 unspecified atom stereocenters. The zero-order valence-electron chi connectivity index (χ0n) is 19.5. The van der Waals surface area contributed by atoms with Crippen molar-refractivity contribution in [3.05, 3.63) is 64.1 Å². The predicted octanol–water partition coefficient (Wildman–Crippen LogP) is 3.81. The standard InChI is InChI=1S/C25H30N2O5/c1-7-32-25(29)23-18(4)26(12-13-30-5)24(28)22(23)15-19-14-16(2)27(17(19)3)20-8-10-21(31-6)11-9-20/h8-11,14-15H,7,12-13H2,1-6H3/b22-15-. The number of nitrogens with zero attached hydrogens (tertiary/aromatic N) is 2. The molecular formula is C25H30N2O5. The monoisotopic (exact) mass is 438 g/mol. The van der Waals surface area contributed by atoms with E-state index in [1.165, 1.54) is 0 Å².